The Morgan fingerprint density at radius 3 is 2.47 bits per heavy atom. The largest absolute Gasteiger partial charge is 0.494 e. The Bertz CT molecular complexity index is 404. The van der Waals surface area contributed by atoms with Crippen LogP contribution >= 0.6 is 0 Å². The molecule has 0 radical (unpaired) electrons. The third kappa shape index (κ3) is 3.03. The van der Waals surface area contributed by atoms with Crippen LogP contribution < -0.4 is 10.1 Å². The molecule has 3 nitrogen and oxygen atoms in total. The quantitative estimate of drug-likeness (QED) is 0.801. The minimum Gasteiger partial charge on any atom is -0.494 e. The maximum atomic E-state index is 13.5. The van der Waals surface area contributed by atoms with Crippen LogP contribution in [0, 0.1) is 11.7 Å². The molecule has 0 aliphatic carbocycles. The predicted octanol–water partition coefficient (Wildman–Crippen LogP) is 2.26. The fourth-order valence-corrected chi connectivity index (χ4v) is 1.77. The van der Waals surface area contributed by atoms with Crippen LogP contribution in [0.1, 0.15) is 24.2 Å². The van der Waals surface area contributed by atoms with Crippen molar-refractivity contribution in [1.82, 2.24) is 5.32 Å². The molecule has 0 fully saturated rings. The molecular weight excluding hydrogens is 221 g/mol. The molecule has 0 bridgehead atoms. The Hall–Kier alpha value is -1.42. The van der Waals surface area contributed by atoms with Crippen LogP contribution in [0.25, 0.3) is 0 Å². The summed E-state index contributed by atoms with van der Waals surface area (Å²) in [5, 5.41) is 2.94. The van der Waals surface area contributed by atoms with Gasteiger partial charge in [-0.1, -0.05) is 13.8 Å². The lowest BCUT2D eigenvalue weighted by atomic mass is 9.95. The number of methoxy groups -OCH3 is 1. The summed E-state index contributed by atoms with van der Waals surface area (Å²) in [5.41, 5.74) is 0.358. The Morgan fingerprint density at radius 1 is 1.41 bits per heavy atom. The van der Waals surface area contributed by atoms with Crippen molar-refractivity contribution in [1.29, 1.82) is 0 Å². The lowest BCUT2D eigenvalue weighted by molar-refractivity contribution is 0.0922. The van der Waals surface area contributed by atoms with E-state index in [1.807, 2.05) is 13.8 Å². The first-order chi connectivity index (χ1) is 8.01. The SMILES string of the molecule is CNC(C(=O)c1ccc(OC)c(F)c1)C(C)C. The number of carbonyl (C=O) groups excluding carboxylic acids is 1. The Labute approximate surface area is 101 Å². The highest BCUT2D eigenvalue weighted by molar-refractivity contribution is 6.00. The number of benzene rings is 1. The number of rotatable bonds is 5. The van der Waals surface area contributed by atoms with E-state index in [0.29, 0.717) is 5.56 Å². The van der Waals surface area contributed by atoms with Gasteiger partial charge in [-0.15, -0.1) is 0 Å². The van der Waals surface area contributed by atoms with E-state index in [9.17, 15) is 9.18 Å². The Morgan fingerprint density at radius 2 is 2.06 bits per heavy atom. The van der Waals surface area contributed by atoms with Crippen LogP contribution in [0.5, 0.6) is 5.75 Å². The van der Waals surface area contributed by atoms with Crippen LogP contribution in [-0.2, 0) is 0 Å². The van der Waals surface area contributed by atoms with Crippen molar-refractivity contribution in [2.75, 3.05) is 14.2 Å². The van der Waals surface area contributed by atoms with Gasteiger partial charge in [0.2, 0.25) is 0 Å². The van der Waals surface area contributed by atoms with Gasteiger partial charge in [0.1, 0.15) is 0 Å². The summed E-state index contributed by atoms with van der Waals surface area (Å²) >= 11 is 0. The number of hydrogen-bond acceptors (Lipinski definition) is 3. The van der Waals surface area contributed by atoms with Crippen molar-refractivity contribution >= 4 is 5.78 Å². The van der Waals surface area contributed by atoms with Gasteiger partial charge in [0.15, 0.2) is 17.3 Å². The van der Waals surface area contributed by atoms with Gasteiger partial charge in [0.05, 0.1) is 13.2 Å². The molecular formula is C13H18FNO2. The van der Waals surface area contributed by atoms with Crippen LogP contribution in [0.15, 0.2) is 18.2 Å². The number of Topliss-reactive ketones (excluding diaryl/α,β-unsaturated/α-hetero) is 1. The molecule has 0 saturated carbocycles. The van der Waals surface area contributed by atoms with Crippen molar-refractivity contribution in [3.63, 3.8) is 0 Å². The lowest BCUT2D eigenvalue weighted by Crippen LogP contribution is -2.38. The van der Waals surface area contributed by atoms with E-state index in [1.54, 1.807) is 13.1 Å². The summed E-state index contributed by atoms with van der Waals surface area (Å²) < 4.78 is 18.3. The number of hydrogen-bond donors (Lipinski definition) is 1. The van der Waals surface area contributed by atoms with Gasteiger partial charge in [-0.3, -0.25) is 4.79 Å². The van der Waals surface area contributed by atoms with Crippen LogP contribution in [0.4, 0.5) is 4.39 Å². The second-order valence-electron chi connectivity index (χ2n) is 4.22. The molecule has 0 aliphatic rings. The van der Waals surface area contributed by atoms with Gasteiger partial charge in [-0.05, 0) is 31.2 Å². The molecule has 0 amide bonds. The van der Waals surface area contributed by atoms with Crippen LogP contribution in [-0.4, -0.2) is 26.0 Å². The van der Waals surface area contributed by atoms with Crippen LogP contribution in [0.2, 0.25) is 0 Å². The van der Waals surface area contributed by atoms with Crippen molar-refractivity contribution in [3.05, 3.63) is 29.6 Å². The van der Waals surface area contributed by atoms with E-state index >= 15 is 0 Å². The number of ketones is 1. The van der Waals surface area contributed by atoms with E-state index in [1.165, 1.54) is 19.2 Å². The van der Waals surface area contributed by atoms with Crippen LogP contribution in [0.3, 0.4) is 0 Å². The monoisotopic (exact) mass is 239 g/mol. The van der Waals surface area contributed by atoms with Crippen molar-refractivity contribution in [3.8, 4) is 5.75 Å². The molecule has 1 rings (SSSR count). The van der Waals surface area contributed by atoms with E-state index in [0.717, 1.165) is 0 Å². The number of nitrogens with one attached hydrogen (secondary N) is 1. The molecule has 0 spiro atoms. The second kappa shape index (κ2) is 5.77. The molecule has 17 heavy (non-hydrogen) atoms. The summed E-state index contributed by atoms with van der Waals surface area (Å²) in [4.78, 5) is 12.1. The van der Waals surface area contributed by atoms with Gasteiger partial charge in [0.25, 0.3) is 0 Å². The number of likely N-dealkylation sites (N-methyl/N-ethyl adjacent to an activating group) is 1. The van der Waals surface area contributed by atoms with Gasteiger partial charge in [-0.2, -0.15) is 0 Å². The van der Waals surface area contributed by atoms with E-state index in [4.69, 9.17) is 4.74 Å². The fourth-order valence-electron chi connectivity index (χ4n) is 1.77. The zero-order valence-electron chi connectivity index (χ0n) is 10.6. The average molecular weight is 239 g/mol. The van der Waals surface area contributed by atoms with Gasteiger partial charge >= 0.3 is 0 Å². The van der Waals surface area contributed by atoms with Gasteiger partial charge < -0.3 is 10.1 Å². The summed E-state index contributed by atoms with van der Waals surface area (Å²) in [5.74, 6) is -0.328. The lowest BCUT2D eigenvalue weighted by Gasteiger charge is -2.18. The molecule has 1 N–H and O–H groups in total. The topological polar surface area (TPSA) is 38.3 Å². The maximum Gasteiger partial charge on any atom is 0.180 e. The van der Waals surface area contributed by atoms with E-state index in [-0.39, 0.29) is 23.5 Å². The average Bonchev–Trinajstić information content (AvgIpc) is 2.29. The van der Waals surface area contributed by atoms with E-state index < -0.39 is 5.82 Å². The smallest absolute Gasteiger partial charge is 0.180 e. The molecule has 0 aliphatic heterocycles. The standard InChI is InChI=1S/C13H18FNO2/c1-8(2)12(15-3)13(16)9-5-6-11(17-4)10(14)7-9/h5-8,12,15H,1-4H3. The van der Waals surface area contributed by atoms with Crippen molar-refractivity contribution in [2.24, 2.45) is 5.92 Å². The zero-order valence-corrected chi connectivity index (χ0v) is 10.6. The highest BCUT2D eigenvalue weighted by atomic mass is 19.1. The summed E-state index contributed by atoms with van der Waals surface area (Å²) in [6.07, 6.45) is 0. The normalized spacial score (nSPS) is 12.6. The maximum absolute atomic E-state index is 13.5. The molecule has 0 saturated heterocycles. The highest BCUT2D eigenvalue weighted by Crippen LogP contribution is 2.19. The molecule has 0 aromatic heterocycles. The van der Waals surface area contributed by atoms with Crippen molar-refractivity contribution < 1.29 is 13.9 Å². The van der Waals surface area contributed by atoms with Crippen molar-refractivity contribution in [2.45, 2.75) is 19.9 Å². The Balaban J connectivity index is 3.00. The first-order valence-corrected chi connectivity index (χ1v) is 5.56. The molecule has 1 unspecified atom stereocenters. The zero-order chi connectivity index (χ0) is 13.0. The number of ether oxygens (including phenoxy) is 1. The third-order valence-electron chi connectivity index (χ3n) is 2.70. The minimum absolute atomic E-state index is 0.107. The molecule has 1 aromatic carbocycles. The molecule has 1 atom stereocenters. The summed E-state index contributed by atoms with van der Waals surface area (Å²) in [6, 6.07) is 3.96. The molecule has 4 heteroatoms. The second-order valence-corrected chi connectivity index (χ2v) is 4.22. The Kier molecular flexibility index (Phi) is 4.63. The molecule has 0 heterocycles. The first kappa shape index (κ1) is 13.6. The number of halogens is 1. The van der Waals surface area contributed by atoms with Gasteiger partial charge in [-0.25, -0.2) is 4.39 Å². The third-order valence-corrected chi connectivity index (χ3v) is 2.70. The molecule has 1 aromatic rings. The van der Waals surface area contributed by atoms with Gasteiger partial charge in [0, 0.05) is 5.56 Å². The van der Waals surface area contributed by atoms with E-state index in [2.05, 4.69) is 5.32 Å². The minimum atomic E-state index is -0.517. The summed E-state index contributed by atoms with van der Waals surface area (Å²) in [7, 11) is 3.12. The first-order valence-electron chi connectivity index (χ1n) is 5.56. The predicted molar refractivity (Wildman–Crippen MR) is 65.0 cm³/mol. The summed E-state index contributed by atoms with van der Waals surface area (Å²) in [6.45, 7) is 3.89. The highest BCUT2D eigenvalue weighted by Gasteiger charge is 2.22. The molecule has 94 valence electrons. The fraction of sp³-hybridized carbons (Fsp3) is 0.462. The number of carbonyl (C=O) groups is 1.